The Morgan fingerprint density at radius 3 is 2.39 bits per heavy atom. The second-order valence-corrected chi connectivity index (χ2v) is 7.42. The molecule has 2 nitrogen and oxygen atoms in total. The van der Waals surface area contributed by atoms with Gasteiger partial charge in [-0.15, -0.1) is 0 Å². The number of hydrogen-bond donors (Lipinski definition) is 1. The number of alkyl halides is 3. The van der Waals surface area contributed by atoms with E-state index in [0.29, 0.717) is 17.0 Å². The molecule has 0 aromatic heterocycles. The van der Waals surface area contributed by atoms with E-state index in [1.807, 2.05) is 37.3 Å². The van der Waals surface area contributed by atoms with E-state index < -0.39 is 11.7 Å². The van der Waals surface area contributed by atoms with Crippen LogP contribution >= 0.6 is 0 Å². The van der Waals surface area contributed by atoms with Gasteiger partial charge in [0.15, 0.2) is 0 Å². The molecule has 28 heavy (non-hydrogen) atoms. The second-order valence-electron chi connectivity index (χ2n) is 7.42. The Hall–Kier alpha value is -2.82. The van der Waals surface area contributed by atoms with Gasteiger partial charge in [-0.25, -0.2) is 0 Å². The lowest BCUT2D eigenvalue weighted by Gasteiger charge is -2.14. The molecule has 144 valence electrons. The van der Waals surface area contributed by atoms with Crippen LogP contribution in [0.2, 0.25) is 0 Å². The molecule has 3 aromatic carbocycles. The van der Waals surface area contributed by atoms with E-state index in [4.69, 9.17) is 0 Å². The highest BCUT2D eigenvalue weighted by atomic mass is 19.4. The summed E-state index contributed by atoms with van der Waals surface area (Å²) in [6.45, 7) is 2.03. The van der Waals surface area contributed by atoms with E-state index in [1.54, 1.807) is 6.07 Å². The van der Waals surface area contributed by atoms with Gasteiger partial charge in [-0.3, -0.25) is 4.79 Å². The van der Waals surface area contributed by atoms with E-state index in [0.717, 1.165) is 41.3 Å². The van der Waals surface area contributed by atoms with Crippen molar-refractivity contribution < 1.29 is 18.0 Å². The third-order valence-electron chi connectivity index (χ3n) is 5.35. The minimum Gasteiger partial charge on any atom is -0.349 e. The summed E-state index contributed by atoms with van der Waals surface area (Å²) in [5.41, 5.74) is 1.47. The first-order chi connectivity index (χ1) is 13.3. The fraction of sp³-hybridized carbons (Fsp3) is 0.261. The summed E-state index contributed by atoms with van der Waals surface area (Å²) in [5.74, 6) is 0.483. The van der Waals surface area contributed by atoms with Crippen LogP contribution in [0.4, 0.5) is 13.2 Å². The van der Waals surface area contributed by atoms with Gasteiger partial charge in [-0.05, 0) is 71.8 Å². The molecule has 0 bridgehead atoms. The monoisotopic (exact) mass is 383 g/mol. The minimum atomic E-state index is -4.35. The molecule has 3 aromatic rings. The van der Waals surface area contributed by atoms with Crippen molar-refractivity contribution in [1.82, 2.24) is 5.32 Å². The van der Waals surface area contributed by atoms with Gasteiger partial charge in [0.05, 0.1) is 5.56 Å². The number of hydrogen-bond acceptors (Lipinski definition) is 1. The number of fused-ring (bicyclic) bond motifs is 1. The molecule has 0 heterocycles. The van der Waals surface area contributed by atoms with Crippen molar-refractivity contribution in [3.05, 3.63) is 71.8 Å². The largest absolute Gasteiger partial charge is 0.416 e. The molecule has 1 amide bonds. The number of carbonyl (C=O) groups is 1. The highest BCUT2D eigenvalue weighted by Gasteiger charge is 2.30. The summed E-state index contributed by atoms with van der Waals surface area (Å²) in [5, 5.41) is 4.82. The average Bonchev–Trinajstić information content (AvgIpc) is 3.52. The van der Waals surface area contributed by atoms with E-state index in [2.05, 4.69) is 5.32 Å². The molecule has 0 radical (unpaired) electrons. The molecule has 0 spiro atoms. The Bertz CT molecular complexity index is 1020. The quantitative estimate of drug-likeness (QED) is 0.583. The number of benzene rings is 3. The molecule has 5 heteroatoms. The first-order valence-corrected chi connectivity index (χ1v) is 9.34. The normalized spacial score (nSPS) is 15.4. The van der Waals surface area contributed by atoms with Gasteiger partial charge in [0.2, 0.25) is 0 Å². The van der Waals surface area contributed by atoms with Crippen LogP contribution in [0.25, 0.3) is 21.9 Å². The lowest BCUT2D eigenvalue weighted by Crippen LogP contribution is -2.33. The van der Waals surface area contributed by atoms with E-state index in [1.165, 1.54) is 12.1 Å². The van der Waals surface area contributed by atoms with Gasteiger partial charge < -0.3 is 5.32 Å². The smallest absolute Gasteiger partial charge is 0.349 e. The SMILES string of the molecule is C[C@H](NC(=O)c1ccc2c(-c3ccc(C(F)(F)F)cc3)cccc2c1)C1CC1. The average molecular weight is 383 g/mol. The van der Waals surface area contributed by atoms with Crippen molar-refractivity contribution >= 4 is 16.7 Å². The third-order valence-corrected chi connectivity index (χ3v) is 5.35. The number of rotatable bonds is 4. The van der Waals surface area contributed by atoms with Gasteiger partial charge in [0, 0.05) is 11.6 Å². The molecular formula is C23H20F3NO. The highest BCUT2D eigenvalue weighted by molar-refractivity contribution is 6.02. The van der Waals surface area contributed by atoms with Crippen molar-refractivity contribution in [2.45, 2.75) is 32.0 Å². The molecule has 0 saturated heterocycles. The van der Waals surface area contributed by atoms with Crippen LogP contribution in [0.3, 0.4) is 0 Å². The molecule has 1 fully saturated rings. The maximum atomic E-state index is 12.8. The fourth-order valence-electron chi connectivity index (χ4n) is 3.52. The predicted molar refractivity (Wildman–Crippen MR) is 104 cm³/mol. The van der Waals surface area contributed by atoms with Crippen molar-refractivity contribution in [3.63, 3.8) is 0 Å². The summed E-state index contributed by atoms with van der Waals surface area (Å²) in [6, 6.07) is 16.4. The Morgan fingerprint density at radius 1 is 1.04 bits per heavy atom. The van der Waals surface area contributed by atoms with Gasteiger partial charge in [0.25, 0.3) is 5.91 Å². The van der Waals surface area contributed by atoms with Crippen molar-refractivity contribution in [3.8, 4) is 11.1 Å². The van der Waals surface area contributed by atoms with Gasteiger partial charge in [-0.2, -0.15) is 13.2 Å². The Morgan fingerprint density at radius 2 is 1.75 bits per heavy atom. The van der Waals surface area contributed by atoms with Crippen LogP contribution in [0.5, 0.6) is 0 Å². The van der Waals surface area contributed by atoms with Gasteiger partial charge in [0.1, 0.15) is 0 Å². The standard InChI is InChI=1S/C23H20F3NO/c1-14(15-5-6-15)27-22(28)18-9-12-21-17(13-18)3-2-4-20(21)16-7-10-19(11-8-16)23(24,25)26/h2-4,7-15H,5-6H2,1H3,(H,27,28)/t14-/m0/s1. The van der Waals surface area contributed by atoms with Crippen LogP contribution < -0.4 is 5.32 Å². The Balaban J connectivity index is 1.64. The molecular weight excluding hydrogens is 363 g/mol. The van der Waals surface area contributed by atoms with Crippen molar-refractivity contribution in [2.24, 2.45) is 5.92 Å². The lowest BCUT2D eigenvalue weighted by molar-refractivity contribution is -0.137. The molecule has 1 aliphatic rings. The summed E-state index contributed by atoms with van der Waals surface area (Å²) >= 11 is 0. The number of amides is 1. The maximum Gasteiger partial charge on any atom is 0.416 e. The van der Waals surface area contributed by atoms with Crippen LogP contribution in [0.15, 0.2) is 60.7 Å². The molecule has 1 N–H and O–H groups in total. The van der Waals surface area contributed by atoms with E-state index in [-0.39, 0.29) is 11.9 Å². The van der Waals surface area contributed by atoms with Crippen LogP contribution in [0, 0.1) is 5.92 Å². The second kappa shape index (κ2) is 6.97. The van der Waals surface area contributed by atoms with E-state index >= 15 is 0 Å². The summed E-state index contributed by atoms with van der Waals surface area (Å²) in [4.78, 5) is 12.5. The number of halogens is 3. The fourth-order valence-corrected chi connectivity index (χ4v) is 3.52. The molecule has 0 aliphatic heterocycles. The summed E-state index contributed by atoms with van der Waals surface area (Å²) in [7, 11) is 0. The molecule has 1 atom stereocenters. The Labute approximate surface area is 161 Å². The molecule has 0 unspecified atom stereocenters. The van der Waals surface area contributed by atoms with E-state index in [9.17, 15) is 18.0 Å². The zero-order chi connectivity index (χ0) is 19.9. The maximum absolute atomic E-state index is 12.8. The first kappa shape index (κ1) is 18.5. The summed E-state index contributed by atoms with van der Waals surface area (Å²) < 4.78 is 38.4. The van der Waals surface area contributed by atoms with Gasteiger partial charge in [-0.1, -0.05) is 36.4 Å². The topological polar surface area (TPSA) is 29.1 Å². The van der Waals surface area contributed by atoms with Crippen LogP contribution in [-0.4, -0.2) is 11.9 Å². The third kappa shape index (κ3) is 3.75. The zero-order valence-electron chi connectivity index (χ0n) is 15.4. The van der Waals surface area contributed by atoms with Crippen LogP contribution in [-0.2, 0) is 6.18 Å². The minimum absolute atomic E-state index is 0.0961. The zero-order valence-corrected chi connectivity index (χ0v) is 15.4. The molecule has 4 rings (SSSR count). The molecule has 1 aliphatic carbocycles. The first-order valence-electron chi connectivity index (χ1n) is 9.34. The lowest BCUT2D eigenvalue weighted by atomic mass is 9.96. The number of nitrogens with one attached hydrogen (secondary N) is 1. The Kier molecular flexibility index (Phi) is 4.61. The summed E-state index contributed by atoms with van der Waals surface area (Å²) in [6.07, 6.45) is -2.03. The van der Waals surface area contributed by atoms with Crippen LogP contribution in [0.1, 0.15) is 35.7 Å². The van der Waals surface area contributed by atoms with Crippen molar-refractivity contribution in [1.29, 1.82) is 0 Å². The highest BCUT2D eigenvalue weighted by Crippen LogP contribution is 2.34. The molecule has 1 saturated carbocycles. The predicted octanol–water partition coefficient (Wildman–Crippen LogP) is 6.05. The van der Waals surface area contributed by atoms with Gasteiger partial charge >= 0.3 is 6.18 Å². The number of carbonyl (C=O) groups excluding carboxylic acids is 1. The van der Waals surface area contributed by atoms with Crippen molar-refractivity contribution in [2.75, 3.05) is 0 Å².